The summed E-state index contributed by atoms with van der Waals surface area (Å²) in [5.41, 5.74) is 6.36. The second-order valence-corrected chi connectivity index (χ2v) is 9.73. The van der Waals surface area contributed by atoms with E-state index in [9.17, 15) is 2.74 Å². The number of fused-ring (bicyclic) bond motifs is 3. The first-order valence-corrected chi connectivity index (χ1v) is 12.4. The molecule has 0 spiro atoms. The molecule has 0 unspecified atom stereocenters. The fourth-order valence-corrected chi connectivity index (χ4v) is 5.59. The first-order chi connectivity index (χ1) is 19.5. The molecule has 0 bridgehead atoms. The Balaban J connectivity index is 1.75. The Hall–Kier alpha value is -3.90. The molecule has 2 heterocycles. The minimum Gasteiger partial charge on any atom is -0.456 e. The van der Waals surface area contributed by atoms with Crippen LogP contribution in [0.25, 0.3) is 49.2 Å². The van der Waals surface area contributed by atoms with E-state index in [1.165, 1.54) is 0 Å². The molecular formula is C33H31N2O+. The second kappa shape index (κ2) is 8.64. The molecule has 3 nitrogen and oxygen atoms in total. The Kier molecular flexibility index (Phi) is 4.21. The summed E-state index contributed by atoms with van der Waals surface area (Å²) in [5, 5.41) is 1.72. The minimum absolute atomic E-state index is 0.0716. The number of hydrogen-bond donors (Lipinski definition) is 0. The zero-order valence-corrected chi connectivity index (χ0v) is 20.8. The van der Waals surface area contributed by atoms with Crippen molar-refractivity contribution in [1.29, 1.82) is 0 Å². The van der Waals surface area contributed by atoms with Crippen molar-refractivity contribution in [3.05, 3.63) is 94.4 Å². The van der Waals surface area contributed by atoms with E-state index in [0.717, 1.165) is 40.3 Å². The molecule has 1 fully saturated rings. The van der Waals surface area contributed by atoms with Crippen LogP contribution in [0.3, 0.4) is 0 Å². The van der Waals surface area contributed by atoms with E-state index < -0.39 is 12.7 Å². The molecule has 0 saturated heterocycles. The Morgan fingerprint density at radius 2 is 1.69 bits per heavy atom. The van der Waals surface area contributed by atoms with Gasteiger partial charge in [-0.15, -0.1) is 0 Å². The summed E-state index contributed by atoms with van der Waals surface area (Å²) in [5.74, 6) is -1.13. The average Bonchev–Trinajstić information content (AvgIpc) is 3.55. The van der Waals surface area contributed by atoms with Gasteiger partial charge in [0.05, 0.1) is 13.5 Å². The molecule has 3 aromatic carbocycles. The molecule has 1 aliphatic carbocycles. The van der Waals surface area contributed by atoms with Crippen molar-refractivity contribution in [3.63, 3.8) is 0 Å². The van der Waals surface area contributed by atoms with Crippen molar-refractivity contribution in [3.8, 4) is 22.4 Å². The van der Waals surface area contributed by atoms with Crippen LogP contribution in [0.1, 0.15) is 60.8 Å². The molecule has 1 saturated carbocycles. The van der Waals surface area contributed by atoms with E-state index in [-0.39, 0.29) is 11.6 Å². The largest absolute Gasteiger partial charge is 0.456 e. The van der Waals surface area contributed by atoms with Crippen LogP contribution in [-0.4, -0.2) is 0 Å². The highest BCUT2D eigenvalue weighted by atomic mass is 16.3. The lowest BCUT2D eigenvalue weighted by molar-refractivity contribution is -0.667. The molecule has 0 radical (unpaired) electrons. The van der Waals surface area contributed by atoms with Crippen molar-refractivity contribution in [1.82, 2.24) is 0 Å². The number of benzene rings is 3. The van der Waals surface area contributed by atoms with E-state index in [0.29, 0.717) is 52.2 Å². The molecule has 0 amide bonds. The standard InChI is InChI=1S/C33H31N2O/c1-20-15-16-25-26-17-18-28(34-4)31(24-13-7-6-8-14-24)33(26)36-32(25)30(20)29-19-27(23-11-9-10-12-23)21(2)22(3)35(29)5/h6-8,13-19,23H,9-12H2,1-3,5H3/q+1/i2D3,19D,23D. The molecule has 1 aliphatic rings. The van der Waals surface area contributed by atoms with Crippen LogP contribution < -0.4 is 4.57 Å². The van der Waals surface area contributed by atoms with Crippen LogP contribution >= 0.6 is 0 Å². The summed E-state index contributed by atoms with van der Waals surface area (Å²) in [7, 11) is 1.79. The number of aromatic nitrogens is 1. The lowest BCUT2D eigenvalue weighted by Gasteiger charge is -2.16. The maximum absolute atomic E-state index is 9.51. The van der Waals surface area contributed by atoms with Crippen LogP contribution in [-0.2, 0) is 7.05 Å². The highest BCUT2D eigenvalue weighted by molar-refractivity contribution is 6.15. The van der Waals surface area contributed by atoms with E-state index in [1.807, 2.05) is 61.5 Å². The van der Waals surface area contributed by atoms with Crippen LogP contribution in [0.5, 0.6) is 0 Å². The van der Waals surface area contributed by atoms with Gasteiger partial charge in [-0.25, -0.2) is 4.85 Å². The Morgan fingerprint density at radius 3 is 2.39 bits per heavy atom. The number of hydrogen-bond acceptors (Lipinski definition) is 1. The zero-order valence-electron chi connectivity index (χ0n) is 25.8. The number of nitrogens with zero attached hydrogens (tertiary/aromatic N) is 2. The summed E-state index contributed by atoms with van der Waals surface area (Å²) >= 11 is 0. The first-order valence-electron chi connectivity index (χ1n) is 14.9. The second-order valence-electron chi connectivity index (χ2n) is 9.73. The first kappa shape index (κ1) is 17.5. The maximum atomic E-state index is 9.51. The summed E-state index contributed by atoms with van der Waals surface area (Å²) in [6.45, 7) is 9.10. The average molecular weight is 477 g/mol. The molecule has 0 atom stereocenters. The third-order valence-electron chi connectivity index (χ3n) is 7.67. The van der Waals surface area contributed by atoms with Gasteiger partial charge in [0.25, 0.3) is 0 Å². The monoisotopic (exact) mass is 476 g/mol. The van der Waals surface area contributed by atoms with E-state index >= 15 is 0 Å². The molecule has 3 heteroatoms. The number of furan rings is 1. The quantitative estimate of drug-likeness (QED) is 0.188. The SMILES string of the molecule is [2H]c1c(C2([2H])CCCC2)c(C([2H])([2H])[2H])c(C)[n+](C)c1-c1c(C)ccc2c1oc1c(-c3ccccc3)c([N+]#[C-])ccc12. The van der Waals surface area contributed by atoms with Gasteiger partial charge in [-0.2, -0.15) is 4.57 Å². The van der Waals surface area contributed by atoms with E-state index in [4.69, 9.17) is 15.1 Å². The van der Waals surface area contributed by atoms with Gasteiger partial charge in [0.1, 0.15) is 18.2 Å². The van der Waals surface area contributed by atoms with Gasteiger partial charge in [-0.05, 0) is 49.2 Å². The van der Waals surface area contributed by atoms with Gasteiger partial charge in [-0.3, -0.25) is 0 Å². The molecule has 2 aromatic heterocycles. The number of aryl methyl sites for hydroxylation is 1. The van der Waals surface area contributed by atoms with Crippen LogP contribution in [0, 0.1) is 27.3 Å². The van der Waals surface area contributed by atoms with Gasteiger partial charge in [0.15, 0.2) is 11.4 Å². The van der Waals surface area contributed by atoms with Gasteiger partial charge in [0, 0.05) is 40.3 Å². The van der Waals surface area contributed by atoms with Gasteiger partial charge >= 0.3 is 0 Å². The normalized spacial score (nSPS) is 17.3. The molecule has 0 N–H and O–H groups in total. The topological polar surface area (TPSA) is 21.4 Å². The maximum Gasteiger partial charge on any atom is 0.216 e. The highest BCUT2D eigenvalue weighted by Gasteiger charge is 2.28. The number of rotatable bonds is 3. The predicted octanol–water partition coefficient (Wildman–Crippen LogP) is 8.88. The third kappa shape index (κ3) is 3.36. The molecular weight excluding hydrogens is 440 g/mol. The van der Waals surface area contributed by atoms with E-state index in [1.54, 1.807) is 18.5 Å². The van der Waals surface area contributed by atoms with Crippen LogP contribution in [0.2, 0.25) is 0 Å². The highest BCUT2D eigenvalue weighted by Crippen LogP contribution is 2.45. The van der Waals surface area contributed by atoms with E-state index in [2.05, 4.69) is 4.85 Å². The minimum atomic E-state index is -2.46. The molecule has 5 aromatic rings. The van der Waals surface area contributed by atoms with Gasteiger partial charge in [-0.1, -0.05) is 67.4 Å². The van der Waals surface area contributed by atoms with Crippen LogP contribution in [0.15, 0.2) is 65.1 Å². The summed E-state index contributed by atoms with van der Waals surface area (Å²) in [6, 6.07) is 17.5. The van der Waals surface area contributed by atoms with Crippen molar-refractivity contribution in [2.45, 2.75) is 52.3 Å². The van der Waals surface area contributed by atoms with Gasteiger partial charge in [0.2, 0.25) is 5.69 Å². The summed E-state index contributed by atoms with van der Waals surface area (Å²) in [4.78, 5) is 3.78. The fraction of sp³-hybridized carbons (Fsp3) is 0.273. The smallest absolute Gasteiger partial charge is 0.216 e. The van der Waals surface area contributed by atoms with Crippen molar-refractivity contribution in [2.75, 3.05) is 0 Å². The number of pyridine rings is 1. The third-order valence-corrected chi connectivity index (χ3v) is 7.67. The van der Waals surface area contributed by atoms with Gasteiger partial charge < -0.3 is 4.42 Å². The molecule has 0 aliphatic heterocycles. The van der Waals surface area contributed by atoms with Crippen molar-refractivity contribution in [2.24, 2.45) is 7.05 Å². The summed E-state index contributed by atoms with van der Waals surface area (Å²) in [6.07, 6.45) is 2.73. The van der Waals surface area contributed by atoms with Crippen molar-refractivity contribution >= 4 is 27.6 Å². The Bertz CT molecular complexity index is 1890. The Labute approximate surface area is 219 Å². The molecule has 6 rings (SSSR count). The lowest BCUT2D eigenvalue weighted by atomic mass is 9.90. The lowest BCUT2D eigenvalue weighted by Crippen LogP contribution is -2.36. The van der Waals surface area contributed by atoms with Crippen molar-refractivity contribution < 1.29 is 15.8 Å². The predicted molar refractivity (Wildman–Crippen MR) is 147 cm³/mol. The summed E-state index contributed by atoms with van der Waals surface area (Å²) < 4.78 is 52.4. The molecule has 178 valence electrons. The zero-order chi connectivity index (χ0) is 29.3. The fourth-order valence-electron chi connectivity index (χ4n) is 5.59. The van der Waals surface area contributed by atoms with Crippen LogP contribution in [0.4, 0.5) is 5.69 Å². The Morgan fingerprint density at radius 1 is 1.00 bits per heavy atom. The molecule has 36 heavy (non-hydrogen) atoms.